The summed E-state index contributed by atoms with van der Waals surface area (Å²) < 4.78 is 0. The van der Waals surface area contributed by atoms with Gasteiger partial charge in [0.1, 0.15) is 0 Å². The largest absolute Gasteiger partial charge is 0.355 e. The van der Waals surface area contributed by atoms with Crippen LogP contribution in [-0.2, 0) is 11.3 Å². The lowest BCUT2D eigenvalue weighted by Gasteiger charge is -2.32. The van der Waals surface area contributed by atoms with E-state index in [-0.39, 0.29) is 5.91 Å². The van der Waals surface area contributed by atoms with Crippen molar-refractivity contribution >= 4 is 5.91 Å². The minimum Gasteiger partial charge on any atom is -0.355 e. The third-order valence-corrected chi connectivity index (χ3v) is 5.71. The molecule has 0 aromatic heterocycles. The molecule has 1 fully saturated rings. The van der Waals surface area contributed by atoms with Crippen LogP contribution in [-0.4, -0.2) is 56.0 Å². The Bertz CT molecular complexity index is 589. The van der Waals surface area contributed by atoms with Crippen molar-refractivity contribution in [1.29, 1.82) is 0 Å². The van der Waals surface area contributed by atoms with Gasteiger partial charge in [-0.2, -0.15) is 0 Å². The van der Waals surface area contributed by atoms with E-state index in [0.717, 1.165) is 39.1 Å². The number of rotatable bonds is 8. The van der Waals surface area contributed by atoms with Gasteiger partial charge >= 0.3 is 0 Å². The average Bonchev–Trinajstić information content (AvgIpc) is 2.58. The van der Waals surface area contributed by atoms with E-state index in [2.05, 4.69) is 48.0 Å². The number of benzene rings is 1. The second kappa shape index (κ2) is 10.1. The highest BCUT2D eigenvalue weighted by Crippen LogP contribution is 2.24. The molecule has 0 atom stereocenters. The summed E-state index contributed by atoms with van der Waals surface area (Å²) in [6, 6.07) is 4.67. The zero-order valence-electron chi connectivity index (χ0n) is 17.4. The minimum absolute atomic E-state index is 0.208. The third-order valence-electron chi connectivity index (χ3n) is 5.71. The zero-order chi connectivity index (χ0) is 19.1. The Morgan fingerprint density at radius 1 is 1.12 bits per heavy atom. The molecule has 1 saturated heterocycles. The Labute approximate surface area is 159 Å². The molecule has 0 radical (unpaired) electrons. The molecule has 1 N–H and O–H groups in total. The molecule has 0 saturated carbocycles. The molecule has 0 bridgehead atoms. The number of likely N-dealkylation sites (N-methyl/N-ethyl adjacent to an activating group) is 1. The summed E-state index contributed by atoms with van der Waals surface area (Å²) in [6.45, 7) is 11.6. The lowest BCUT2D eigenvalue weighted by Crippen LogP contribution is -2.34. The van der Waals surface area contributed by atoms with E-state index in [1.165, 1.54) is 35.1 Å². The molecule has 4 nitrogen and oxygen atoms in total. The highest BCUT2D eigenvalue weighted by atomic mass is 16.1. The van der Waals surface area contributed by atoms with Gasteiger partial charge in [-0.1, -0.05) is 12.1 Å². The fraction of sp³-hybridized carbons (Fsp3) is 0.682. The maximum atomic E-state index is 11.9. The van der Waals surface area contributed by atoms with Crippen LogP contribution in [0, 0.1) is 26.7 Å². The van der Waals surface area contributed by atoms with Crippen LogP contribution < -0.4 is 5.32 Å². The van der Waals surface area contributed by atoms with Crippen LogP contribution in [0.3, 0.4) is 0 Å². The topological polar surface area (TPSA) is 35.6 Å². The summed E-state index contributed by atoms with van der Waals surface area (Å²) in [5.41, 5.74) is 5.64. The lowest BCUT2D eigenvalue weighted by molar-refractivity contribution is -0.121. The van der Waals surface area contributed by atoms with E-state index in [4.69, 9.17) is 0 Å². The number of likely N-dealkylation sites (tertiary alicyclic amines) is 1. The van der Waals surface area contributed by atoms with Crippen LogP contribution in [0.5, 0.6) is 0 Å². The quantitative estimate of drug-likeness (QED) is 0.774. The van der Waals surface area contributed by atoms with Crippen molar-refractivity contribution < 1.29 is 4.79 Å². The monoisotopic (exact) mass is 359 g/mol. The molecule has 0 aliphatic carbocycles. The number of piperidine rings is 1. The summed E-state index contributed by atoms with van der Waals surface area (Å²) in [5.74, 6) is 0.909. The third kappa shape index (κ3) is 6.73. The van der Waals surface area contributed by atoms with E-state index < -0.39 is 0 Å². The SMILES string of the molecule is Cc1cc(C)c(CN2CCC(CCC(=O)NCCN(C)C)CC2)cc1C. The van der Waals surface area contributed by atoms with Crippen molar-refractivity contribution in [2.24, 2.45) is 5.92 Å². The van der Waals surface area contributed by atoms with Gasteiger partial charge in [-0.25, -0.2) is 0 Å². The Balaban J connectivity index is 1.69. The van der Waals surface area contributed by atoms with Gasteiger partial charge in [0.15, 0.2) is 0 Å². The smallest absolute Gasteiger partial charge is 0.220 e. The van der Waals surface area contributed by atoms with E-state index in [1.807, 2.05) is 14.1 Å². The van der Waals surface area contributed by atoms with Crippen molar-refractivity contribution in [2.45, 2.75) is 53.0 Å². The van der Waals surface area contributed by atoms with E-state index >= 15 is 0 Å². The summed E-state index contributed by atoms with van der Waals surface area (Å²) in [4.78, 5) is 16.6. The molecule has 2 rings (SSSR count). The van der Waals surface area contributed by atoms with E-state index in [1.54, 1.807) is 0 Å². The molecule has 4 heteroatoms. The molecule has 1 heterocycles. The number of amides is 1. The molecule has 1 aromatic rings. The molecule has 0 spiro atoms. The normalized spacial score (nSPS) is 16.2. The number of nitrogens with one attached hydrogen (secondary N) is 1. The molecular formula is C22H37N3O. The van der Waals surface area contributed by atoms with Gasteiger partial charge in [-0.3, -0.25) is 9.69 Å². The van der Waals surface area contributed by atoms with Crippen LogP contribution in [0.25, 0.3) is 0 Å². The lowest BCUT2D eigenvalue weighted by atomic mass is 9.91. The van der Waals surface area contributed by atoms with Crippen molar-refractivity contribution in [1.82, 2.24) is 15.1 Å². The number of hydrogen-bond donors (Lipinski definition) is 1. The number of hydrogen-bond acceptors (Lipinski definition) is 3. The fourth-order valence-corrected chi connectivity index (χ4v) is 3.71. The van der Waals surface area contributed by atoms with Crippen molar-refractivity contribution in [2.75, 3.05) is 40.3 Å². The predicted octanol–water partition coefficient (Wildman–Crippen LogP) is 3.28. The first-order valence-electron chi connectivity index (χ1n) is 10.1. The van der Waals surface area contributed by atoms with Crippen LogP contribution in [0.4, 0.5) is 0 Å². The highest BCUT2D eigenvalue weighted by molar-refractivity contribution is 5.75. The second-order valence-corrected chi connectivity index (χ2v) is 8.27. The molecular weight excluding hydrogens is 322 g/mol. The molecule has 0 unspecified atom stereocenters. The van der Waals surface area contributed by atoms with Crippen LogP contribution >= 0.6 is 0 Å². The Morgan fingerprint density at radius 2 is 1.77 bits per heavy atom. The summed E-state index contributed by atoms with van der Waals surface area (Å²) in [5, 5.41) is 3.02. The van der Waals surface area contributed by atoms with Crippen molar-refractivity contribution in [3.05, 3.63) is 34.4 Å². The fourth-order valence-electron chi connectivity index (χ4n) is 3.71. The van der Waals surface area contributed by atoms with Crippen LogP contribution in [0.1, 0.15) is 47.9 Å². The van der Waals surface area contributed by atoms with Crippen molar-refractivity contribution in [3.63, 3.8) is 0 Å². The van der Waals surface area contributed by atoms with Crippen LogP contribution in [0.15, 0.2) is 12.1 Å². The Hall–Kier alpha value is -1.39. The molecule has 1 aliphatic rings. The van der Waals surface area contributed by atoms with Gasteiger partial charge in [0.05, 0.1) is 0 Å². The van der Waals surface area contributed by atoms with Gasteiger partial charge in [-0.15, -0.1) is 0 Å². The first kappa shape index (κ1) is 20.9. The molecule has 1 amide bonds. The van der Waals surface area contributed by atoms with Crippen molar-refractivity contribution in [3.8, 4) is 0 Å². The summed E-state index contributed by atoms with van der Waals surface area (Å²) in [7, 11) is 4.05. The van der Waals surface area contributed by atoms with Gasteiger partial charge < -0.3 is 10.2 Å². The van der Waals surface area contributed by atoms with Gasteiger partial charge in [0, 0.05) is 26.1 Å². The summed E-state index contributed by atoms with van der Waals surface area (Å²) >= 11 is 0. The average molecular weight is 360 g/mol. The Morgan fingerprint density at radius 3 is 2.42 bits per heavy atom. The maximum Gasteiger partial charge on any atom is 0.220 e. The molecule has 26 heavy (non-hydrogen) atoms. The second-order valence-electron chi connectivity index (χ2n) is 8.27. The van der Waals surface area contributed by atoms with Gasteiger partial charge in [-0.05, 0) is 95.4 Å². The predicted molar refractivity (Wildman–Crippen MR) is 109 cm³/mol. The first-order valence-corrected chi connectivity index (χ1v) is 10.1. The number of carbonyl (C=O) groups excluding carboxylic acids is 1. The molecule has 1 aromatic carbocycles. The first-order chi connectivity index (χ1) is 12.3. The number of nitrogens with zero attached hydrogens (tertiary/aromatic N) is 2. The van der Waals surface area contributed by atoms with Gasteiger partial charge in [0.25, 0.3) is 0 Å². The zero-order valence-corrected chi connectivity index (χ0v) is 17.4. The summed E-state index contributed by atoms with van der Waals surface area (Å²) in [6.07, 6.45) is 4.14. The van der Waals surface area contributed by atoms with Gasteiger partial charge in [0.2, 0.25) is 5.91 Å². The van der Waals surface area contributed by atoms with Crippen LogP contribution in [0.2, 0.25) is 0 Å². The standard InChI is InChI=1S/C22H37N3O/c1-17-14-19(3)21(15-18(17)2)16-25-11-8-20(9-12-25)6-7-22(26)23-10-13-24(4)5/h14-15,20H,6-13,16H2,1-5H3,(H,23,26). The number of aryl methyl sites for hydroxylation is 3. The van der Waals surface area contributed by atoms with E-state index in [0.29, 0.717) is 12.3 Å². The maximum absolute atomic E-state index is 11.9. The Kier molecular flexibility index (Phi) is 8.11. The molecule has 1 aliphatic heterocycles. The van der Waals surface area contributed by atoms with E-state index in [9.17, 15) is 4.79 Å². The highest BCUT2D eigenvalue weighted by Gasteiger charge is 2.20. The number of carbonyl (C=O) groups is 1. The molecule has 146 valence electrons. The minimum atomic E-state index is 0.208.